The Morgan fingerprint density at radius 1 is 1.08 bits per heavy atom. The van der Waals surface area contributed by atoms with E-state index in [1.165, 1.54) is 0 Å². The van der Waals surface area contributed by atoms with Crippen molar-refractivity contribution in [2.24, 2.45) is 0 Å². The van der Waals surface area contributed by atoms with Crippen molar-refractivity contribution in [2.45, 2.75) is 25.0 Å². The summed E-state index contributed by atoms with van der Waals surface area (Å²) in [5.74, 6) is 0. The van der Waals surface area contributed by atoms with Gasteiger partial charge in [-0.1, -0.05) is 0 Å². The van der Waals surface area contributed by atoms with Crippen molar-refractivity contribution in [1.29, 1.82) is 0 Å². The average Bonchev–Trinajstić information content (AvgIpc) is 2.34. The van der Waals surface area contributed by atoms with Crippen LogP contribution in [0.3, 0.4) is 0 Å². The van der Waals surface area contributed by atoms with E-state index >= 15 is 0 Å². The Kier molecular flexibility index (Phi) is 2.83. The smallest absolute Gasteiger partial charge is 0.294 e. The number of rotatable bonds is 4. The minimum absolute atomic E-state index is 0.291. The third-order valence-corrected chi connectivity index (χ3v) is 1.66. The molecule has 8 nitrogen and oxygen atoms in total. The summed E-state index contributed by atoms with van der Waals surface area (Å²) in [6.45, 7) is 0. The maximum Gasteiger partial charge on any atom is 0.294 e. The normalized spacial score (nSPS) is 26.8. The highest BCUT2D eigenvalue weighted by atomic mass is 17.0. The van der Waals surface area contributed by atoms with Crippen molar-refractivity contribution < 1.29 is 19.8 Å². The summed E-state index contributed by atoms with van der Waals surface area (Å²) in [5, 5.41) is 17.9. The van der Waals surface area contributed by atoms with Crippen LogP contribution in [-0.2, 0) is 9.68 Å². The monoisotopic (exact) mass is 191 g/mol. The van der Waals surface area contributed by atoms with Crippen molar-refractivity contribution in [2.75, 3.05) is 0 Å². The van der Waals surface area contributed by atoms with Crippen LogP contribution in [0.2, 0.25) is 0 Å². The van der Waals surface area contributed by atoms with Gasteiger partial charge in [0, 0.05) is 0 Å². The molecule has 0 aromatic carbocycles. The lowest BCUT2D eigenvalue weighted by Gasteiger charge is -2.14. The zero-order chi connectivity index (χ0) is 9.84. The van der Waals surface area contributed by atoms with Gasteiger partial charge in [0.15, 0.2) is 0 Å². The van der Waals surface area contributed by atoms with Gasteiger partial charge in [-0.25, -0.2) is 0 Å². The lowest BCUT2D eigenvalue weighted by atomic mass is 10.3. The zero-order valence-corrected chi connectivity index (χ0v) is 6.49. The molecule has 0 aromatic heterocycles. The second-order valence-electron chi connectivity index (χ2n) is 2.50. The van der Waals surface area contributed by atoms with Crippen LogP contribution in [0.25, 0.3) is 0 Å². The van der Waals surface area contributed by atoms with E-state index in [1.807, 2.05) is 0 Å². The van der Waals surface area contributed by atoms with E-state index in [-0.39, 0.29) is 0 Å². The second-order valence-corrected chi connectivity index (χ2v) is 2.50. The highest BCUT2D eigenvalue weighted by Crippen LogP contribution is 2.23. The third-order valence-electron chi connectivity index (χ3n) is 1.66. The Labute approximate surface area is 72.6 Å². The molecule has 1 aliphatic rings. The first kappa shape index (κ1) is 9.49. The molecule has 0 saturated heterocycles. The van der Waals surface area contributed by atoms with Crippen molar-refractivity contribution in [1.82, 2.24) is 0 Å². The summed E-state index contributed by atoms with van der Waals surface area (Å²) >= 11 is 0. The number of nitrogens with zero attached hydrogens (tertiary/aromatic N) is 2. The molecule has 73 valence electrons. The van der Waals surface area contributed by atoms with Gasteiger partial charge in [0.1, 0.15) is 12.2 Å². The van der Waals surface area contributed by atoms with Crippen molar-refractivity contribution in [3.63, 3.8) is 0 Å². The summed E-state index contributed by atoms with van der Waals surface area (Å²) in [7, 11) is 0. The van der Waals surface area contributed by atoms with Crippen LogP contribution < -0.4 is 0 Å². The predicted octanol–water partition coefficient (Wildman–Crippen LogP) is 0.138. The second kappa shape index (κ2) is 3.87. The summed E-state index contributed by atoms with van der Waals surface area (Å²) in [5.41, 5.74) is 0. The van der Waals surface area contributed by atoms with Gasteiger partial charge in [0.2, 0.25) is 0 Å². The molecule has 1 rings (SSSR count). The minimum Gasteiger partial charge on any atom is -0.308 e. The minimum atomic E-state index is -0.972. The van der Waals surface area contributed by atoms with Crippen LogP contribution in [0.5, 0.6) is 0 Å². The molecule has 1 fully saturated rings. The van der Waals surface area contributed by atoms with E-state index in [0.717, 1.165) is 0 Å². The predicted molar refractivity (Wildman–Crippen MR) is 37.3 cm³/mol. The third kappa shape index (κ3) is 2.73. The Bertz CT molecular complexity index is 197. The largest absolute Gasteiger partial charge is 0.308 e. The molecule has 2 atom stereocenters. The average molecular weight is 191 g/mol. The van der Waals surface area contributed by atoms with Gasteiger partial charge in [-0.3, -0.25) is 0 Å². The lowest BCUT2D eigenvalue weighted by molar-refractivity contribution is -0.797. The first-order valence-electron chi connectivity index (χ1n) is 3.53. The van der Waals surface area contributed by atoms with Gasteiger partial charge >= 0.3 is 0 Å². The first-order valence-corrected chi connectivity index (χ1v) is 3.53. The zero-order valence-electron chi connectivity index (χ0n) is 6.49. The standard InChI is InChI=1S/C5H7N2O6/c8-6(9)12-4-2-1-3-5(4)13-7(10)11/h1,4-5H,2-3H2/t4-,5+. The Balaban J connectivity index is 2.43. The van der Waals surface area contributed by atoms with Crippen molar-refractivity contribution in [3.05, 3.63) is 26.6 Å². The molecule has 0 spiro atoms. The molecule has 0 aromatic rings. The molecule has 0 bridgehead atoms. The van der Waals surface area contributed by atoms with E-state index in [2.05, 4.69) is 9.68 Å². The van der Waals surface area contributed by atoms with Gasteiger partial charge in [-0.05, 0) is 19.3 Å². The SMILES string of the molecule is O=[N+]([O-])O[C@H]1C[CH]C[C@H]1O[N+](=O)[O-]. The lowest BCUT2D eigenvalue weighted by Crippen LogP contribution is -2.30. The summed E-state index contributed by atoms with van der Waals surface area (Å²) in [6, 6.07) is 0. The molecular formula is C5H7N2O6. The van der Waals surface area contributed by atoms with Crippen molar-refractivity contribution >= 4 is 0 Å². The fraction of sp³-hybridized carbons (Fsp3) is 0.800. The van der Waals surface area contributed by atoms with Crippen LogP contribution in [-0.4, -0.2) is 22.4 Å². The fourth-order valence-corrected chi connectivity index (χ4v) is 1.17. The number of hydrogen-bond acceptors (Lipinski definition) is 6. The maximum atomic E-state index is 9.93. The number of hydrogen-bond donors (Lipinski definition) is 0. The van der Waals surface area contributed by atoms with Gasteiger partial charge in [0.25, 0.3) is 10.2 Å². The van der Waals surface area contributed by atoms with Crippen LogP contribution in [0.1, 0.15) is 12.8 Å². The fourth-order valence-electron chi connectivity index (χ4n) is 1.17. The quantitative estimate of drug-likeness (QED) is 0.462. The van der Waals surface area contributed by atoms with E-state index in [1.54, 1.807) is 6.42 Å². The molecule has 0 heterocycles. The molecular weight excluding hydrogens is 184 g/mol. The summed E-state index contributed by atoms with van der Waals surface area (Å²) < 4.78 is 0. The molecule has 1 radical (unpaired) electrons. The van der Waals surface area contributed by atoms with Crippen LogP contribution in [0.4, 0.5) is 0 Å². The molecule has 8 heteroatoms. The van der Waals surface area contributed by atoms with Gasteiger partial charge in [-0.15, -0.1) is 20.2 Å². The van der Waals surface area contributed by atoms with E-state index in [4.69, 9.17) is 0 Å². The van der Waals surface area contributed by atoms with Crippen LogP contribution in [0, 0.1) is 26.6 Å². The molecule has 0 aliphatic heterocycles. The Morgan fingerprint density at radius 2 is 1.46 bits per heavy atom. The van der Waals surface area contributed by atoms with E-state index in [0.29, 0.717) is 12.8 Å². The molecule has 1 aliphatic carbocycles. The highest BCUT2D eigenvalue weighted by Gasteiger charge is 2.33. The maximum absolute atomic E-state index is 9.93. The van der Waals surface area contributed by atoms with E-state index in [9.17, 15) is 20.2 Å². The Hall–Kier alpha value is -1.60. The van der Waals surface area contributed by atoms with E-state index < -0.39 is 22.4 Å². The topological polar surface area (TPSA) is 105 Å². The van der Waals surface area contributed by atoms with Gasteiger partial charge < -0.3 is 9.68 Å². The van der Waals surface area contributed by atoms with Crippen molar-refractivity contribution in [3.8, 4) is 0 Å². The summed E-state index contributed by atoms with van der Waals surface area (Å²) in [6.07, 6.45) is 0.516. The Morgan fingerprint density at radius 3 is 1.77 bits per heavy atom. The van der Waals surface area contributed by atoms with Crippen LogP contribution >= 0.6 is 0 Å². The first-order chi connectivity index (χ1) is 6.09. The van der Waals surface area contributed by atoms with Crippen LogP contribution in [0.15, 0.2) is 0 Å². The molecule has 13 heavy (non-hydrogen) atoms. The highest BCUT2D eigenvalue weighted by molar-refractivity contribution is 4.88. The summed E-state index contributed by atoms with van der Waals surface area (Å²) in [4.78, 5) is 28.2. The van der Waals surface area contributed by atoms with Gasteiger partial charge in [-0.2, -0.15) is 0 Å². The molecule has 0 unspecified atom stereocenters. The molecule has 0 amide bonds. The molecule has 1 saturated carbocycles. The molecule has 0 N–H and O–H groups in total. The van der Waals surface area contributed by atoms with Gasteiger partial charge in [0.05, 0.1) is 0 Å².